The third-order valence-corrected chi connectivity index (χ3v) is 5.34. The van der Waals surface area contributed by atoms with Crippen LogP contribution in [0.25, 0.3) is 12.2 Å². The maximum absolute atomic E-state index is 12.4. The van der Waals surface area contributed by atoms with Crippen molar-refractivity contribution in [1.29, 1.82) is 0 Å². The molecule has 0 aromatic heterocycles. The van der Waals surface area contributed by atoms with Crippen LogP contribution in [0.2, 0.25) is 5.02 Å². The zero-order valence-electron chi connectivity index (χ0n) is 19.8. The zero-order valence-corrected chi connectivity index (χ0v) is 20.6. The maximum atomic E-state index is 12.4. The summed E-state index contributed by atoms with van der Waals surface area (Å²) >= 11 is 5.96. The molecule has 3 rings (SSSR count). The van der Waals surface area contributed by atoms with E-state index in [9.17, 15) is 9.90 Å². The van der Waals surface area contributed by atoms with Gasteiger partial charge in [-0.1, -0.05) is 35.9 Å². The van der Waals surface area contributed by atoms with Gasteiger partial charge in [0.05, 0.1) is 34.1 Å². The number of nitrogens with one attached hydrogen (secondary N) is 1. The highest BCUT2D eigenvalue weighted by molar-refractivity contribution is 6.31. The van der Waals surface area contributed by atoms with Gasteiger partial charge in [-0.25, -0.2) is 0 Å². The molecule has 0 bridgehead atoms. The third kappa shape index (κ3) is 6.07. The van der Waals surface area contributed by atoms with Crippen LogP contribution in [0.1, 0.15) is 21.5 Å². The summed E-state index contributed by atoms with van der Waals surface area (Å²) in [6, 6.07) is 13.7. The Labute approximate surface area is 209 Å². The number of allylic oxidation sites excluding steroid dienone is 1. The first kappa shape index (κ1) is 25.5. The van der Waals surface area contributed by atoms with Crippen molar-refractivity contribution in [2.24, 2.45) is 0 Å². The Kier molecular flexibility index (Phi) is 8.64. The van der Waals surface area contributed by atoms with Gasteiger partial charge in [-0.3, -0.25) is 4.79 Å². The molecule has 182 valence electrons. The molecule has 0 radical (unpaired) electrons. The van der Waals surface area contributed by atoms with Gasteiger partial charge < -0.3 is 29.4 Å². The van der Waals surface area contributed by atoms with Crippen molar-refractivity contribution in [1.82, 2.24) is 0 Å². The molecule has 0 heterocycles. The minimum absolute atomic E-state index is 0.0978. The number of ether oxygens (including phenoxy) is 4. The smallest absolute Gasteiger partial charge is 0.203 e. The van der Waals surface area contributed by atoms with Gasteiger partial charge in [-0.2, -0.15) is 0 Å². The van der Waals surface area contributed by atoms with Crippen LogP contribution in [-0.2, 0) is 0 Å². The zero-order chi connectivity index (χ0) is 25.4. The number of benzene rings is 3. The minimum Gasteiger partial charge on any atom is -0.503 e. The number of carbonyl (C=O) groups is 1. The van der Waals surface area contributed by atoms with E-state index in [1.165, 1.54) is 19.4 Å². The largest absolute Gasteiger partial charge is 0.503 e. The molecule has 0 aliphatic rings. The van der Waals surface area contributed by atoms with Crippen LogP contribution >= 0.6 is 11.6 Å². The van der Waals surface area contributed by atoms with Crippen LogP contribution in [0.15, 0.2) is 60.8 Å². The van der Waals surface area contributed by atoms with E-state index in [0.717, 1.165) is 5.56 Å². The molecule has 2 N–H and O–H groups in total. The minimum atomic E-state index is -0.239. The van der Waals surface area contributed by atoms with Crippen LogP contribution in [0.5, 0.6) is 28.7 Å². The molecule has 0 saturated carbocycles. The normalized spacial score (nSPS) is 11.0. The highest BCUT2D eigenvalue weighted by Crippen LogP contribution is 2.40. The summed E-state index contributed by atoms with van der Waals surface area (Å²) in [6.45, 7) is 0. The SMILES string of the molecule is COc1ccc(C=Cc2cc(OC)c(OC)c(OC)c2)c(NC=CC(=O)c2cccc(Cl)c2)c1O. The maximum Gasteiger partial charge on any atom is 0.203 e. The van der Waals surface area contributed by atoms with Crippen molar-refractivity contribution in [3.8, 4) is 28.7 Å². The Morgan fingerprint density at radius 2 is 1.57 bits per heavy atom. The van der Waals surface area contributed by atoms with E-state index < -0.39 is 0 Å². The molecule has 0 aliphatic carbocycles. The van der Waals surface area contributed by atoms with Gasteiger partial charge in [0.25, 0.3) is 0 Å². The fourth-order valence-electron chi connectivity index (χ4n) is 3.37. The number of ketones is 1. The monoisotopic (exact) mass is 495 g/mol. The summed E-state index contributed by atoms with van der Waals surface area (Å²) in [5, 5.41) is 14.2. The van der Waals surface area contributed by atoms with E-state index in [2.05, 4.69) is 5.32 Å². The third-order valence-electron chi connectivity index (χ3n) is 5.11. The standard InChI is InChI=1S/C27H26ClNO6/c1-32-22-11-10-18(9-8-17-14-23(33-2)27(35-4)24(15-17)34-3)25(26(22)31)29-13-12-21(30)19-6-5-7-20(28)16-19/h5-16,29,31H,1-4H3. The topological polar surface area (TPSA) is 86.3 Å². The molecule has 0 saturated heterocycles. The second-order valence-electron chi connectivity index (χ2n) is 7.22. The number of carbonyl (C=O) groups excluding carboxylic acids is 1. The van der Waals surface area contributed by atoms with Crippen molar-refractivity contribution in [3.63, 3.8) is 0 Å². The van der Waals surface area contributed by atoms with Gasteiger partial charge in [-0.15, -0.1) is 0 Å². The van der Waals surface area contributed by atoms with Gasteiger partial charge >= 0.3 is 0 Å². The number of phenolic OH excluding ortho intramolecular Hbond substituents is 1. The second-order valence-corrected chi connectivity index (χ2v) is 7.66. The van der Waals surface area contributed by atoms with Crippen LogP contribution in [0.4, 0.5) is 5.69 Å². The molecule has 8 heteroatoms. The second kappa shape index (κ2) is 11.9. The van der Waals surface area contributed by atoms with Gasteiger partial charge in [0.15, 0.2) is 28.8 Å². The molecule has 7 nitrogen and oxygen atoms in total. The Bertz CT molecular complexity index is 1240. The summed E-state index contributed by atoms with van der Waals surface area (Å²) in [7, 11) is 6.10. The predicted octanol–water partition coefficient (Wildman–Crippen LogP) is 6.06. The highest BCUT2D eigenvalue weighted by atomic mass is 35.5. The lowest BCUT2D eigenvalue weighted by atomic mass is 10.1. The van der Waals surface area contributed by atoms with E-state index in [4.69, 9.17) is 30.5 Å². The number of hydrogen-bond donors (Lipinski definition) is 2. The molecule has 0 spiro atoms. The summed E-state index contributed by atoms with van der Waals surface area (Å²) in [6.07, 6.45) is 6.44. The van der Waals surface area contributed by atoms with E-state index in [0.29, 0.717) is 39.1 Å². The fraction of sp³-hybridized carbons (Fsp3) is 0.148. The molecule has 0 aliphatic heterocycles. The molecule has 0 fully saturated rings. The first-order valence-corrected chi connectivity index (χ1v) is 10.9. The molecular formula is C27H26ClNO6. The van der Waals surface area contributed by atoms with Crippen molar-refractivity contribution in [2.75, 3.05) is 33.8 Å². The van der Waals surface area contributed by atoms with E-state index in [1.54, 1.807) is 75.9 Å². The Balaban J connectivity index is 1.92. The summed E-state index contributed by atoms with van der Waals surface area (Å²) in [5.41, 5.74) is 2.25. The van der Waals surface area contributed by atoms with Crippen molar-refractivity contribution in [2.45, 2.75) is 0 Å². The number of halogens is 1. The quantitative estimate of drug-likeness (QED) is 0.153. The average Bonchev–Trinajstić information content (AvgIpc) is 2.87. The van der Waals surface area contributed by atoms with E-state index >= 15 is 0 Å². The van der Waals surface area contributed by atoms with Crippen molar-refractivity contribution >= 4 is 35.2 Å². The van der Waals surface area contributed by atoms with Crippen LogP contribution in [0, 0.1) is 0 Å². The predicted molar refractivity (Wildman–Crippen MR) is 138 cm³/mol. The number of anilines is 1. The first-order valence-electron chi connectivity index (χ1n) is 10.5. The number of aromatic hydroxyl groups is 1. The lowest BCUT2D eigenvalue weighted by molar-refractivity contribution is 0.104. The first-order chi connectivity index (χ1) is 16.9. The summed E-state index contributed by atoms with van der Waals surface area (Å²) < 4.78 is 21.4. The van der Waals surface area contributed by atoms with Gasteiger partial charge in [0.1, 0.15) is 0 Å². The number of methoxy groups -OCH3 is 4. The Morgan fingerprint density at radius 1 is 0.886 bits per heavy atom. The van der Waals surface area contributed by atoms with Gasteiger partial charge in [-0.05, 0) is 42.0 Å². The summed E-state index contributed by atoms with van der Waals surface area (Å²) in [5.74, 6) is 1.48. The number of rotatable bonds is 10. The van der Waals surface area contributed by atoms with Crippen LogP contribution < -0.4 is 24.3 Å². The average molecular weight is 496 g/mol. The Hall–Kier alpha value is -4.10. The number of phenols is 1. The fourth-order valence-corrected chi connectivity index (χ4v) is 3.56. The lowest BCUT2D eigenvalue weighted by Gasteiger charge is -2.13. The highest BCUT2D eigenvalue weighted by Gasteiger charge is 2.14. The van der Waals surface area contributed by atoms with Gasteiger partial charge in [0.2, 0.25) is 5.75 Å². The van der Waals surface area contributed by atoms with Crippen molar-refractivity contribution < 1.29 is 28.8 Å². The molecule has 35 heavy (non-hydrogen) atoms. The van der Waals surface area contributed by atoms with E-state index in [1.807, 2.05) is 6.08 Å². The molecule has 0 amide bonds. The molecule has 0 unspecified atom stereocenters. The van der Waals surface area contributed by atoms with Crippen molar-refractivity contribution in [3.05, 3.63) is 82.5 Å². The molecule has 3 aromatic rings. The number of hydrogen-bond acceptors (Lipinski definition) is 7. The van der Waals surface area contributed by atoms with Gasteiger partial charge in [0, 0.05) is 28.4 Å². The lowest BCUT2D eigenvalue weighted by Crippen LogP contribution is -1.98. The Morgan fingerprint density at radius 3 is 2.17 bits per heavy atom. The molecular weight excluding hydrogens is 470 g/mol. The van der Waals surface area contributed by atoms with Crippen LogP contribution in [-0.4, -0.2) is 39.3 Å². The molecule has 3 aromatic carbocycles. The van der Waals surface area contributed by atoms with Crippen LogP contribution in [0.3, 0.4) is 0 Å². The molecule has 0 atom stereocenters. The summed E-state index contributed by atoms with van der Waals surface area (Å²) in [4.78, 5) is 12.4. The van der Waals surface area contributed by atoms with E-state index in [-0.39, 0.29) is 17.3 Å².